The maximum atomic E-state index is 12.0. The largest absolute Gasteiger partial charge is 0.493 e. The molecule has 22 heavy (non-hydrogen) atoms. The molecule has 1 aromatic rings. The fraction of sp³-hybridized carbons (Fsp3) is 0.188. The molecule has 1 aromatic carbocycles. The molecule has 6 heteroatoms. The van der Waals surface area contributed by atoms with Crippen molar-refractivity contribution in [3.05, 3.63) is 47.6 Å². The lowest BCUT2D eigenvalue weighted by Crippen LogP contribution is -2.08. The second kappa shape index (κ2) is 6.71. The minimum atomic E-state index is -0.634. The molecule has 0 unspecified atom stereocenters. The summed E-state index contributed by atoms with van der Waals surface area (Å²) in [6.45, 7) is 1.66. The van der Waals surface area contributed by atoms with Gasteiger partial charge in [-0.15, -0.1) is 0 Å². The van der Waals surface area contributed by atoms with Crippen molar-refractivity contribution in [2.45, 2.75) is 6.92 Å². The van der Waals surface area contributed by atoms with Gasteiger partial charge in [0, 0.05) is 0 Å². The van der Waals surface area contributed by atoms with E-state index < -0.39 is 5.97 Å². The minimum absolute atomic E-state index is 0.0924. The molecule has 0 fully saturated rings. The number of allylic oxidation sites excluding steroid dienone is 4. The lowest BCUT2D eigenvalue weighted by Gasteiger charge is -2.08. The highest BCUT2D eigenvalue weighted by Gasteiger charge is 2.13. The van der Waals surface area contributed by atoms with Crippen molar-refractivity contribution in [1.29, 1.82) is 0 Å². The minimum Gasteiger partial charge on any atom is -0.493 e. The molecule has 1 aliphatic rings. The van der Waals surface area contributed by atoms with Crippen LogP contribution in [0.25, 0.3) is 0 Å². The summed E-state index contributed by atoms with van der Waals surface area (Å²) in [5, 5.41) is 3.72. The first kappa shape index (κ1) is 15.5. The molecule has 1 aliphatic carbocycles. The van der Waals surface area contributed by atoms with E-state index in [0.29, 0.717) is 22.8 Å². The molecular weight excluding hydrogens is 286 g/mol. The number of hydrogen-bond acceptors (Lipinski definition) is 6. The zero-order valence-corrected chi connectivity index (χ0v) is 12.5. The standard InChI is InChI=1S/C16H15NO5/c1-10-8-12(5-6-13(10)18)17-22-16(19)11-4-7-14(20-2)15(9-11)21-3/h4-9H,1-3H3. The molecule has 0 aromatic heterocycles. The van der Waals surface area contributed by atoms with E-state index in [1.54, 1.807) is 25.1 Å². The predicted octanol–water partition coefficient (Wildman–Crippen LogP) is 2.30. The van der Waals surface area contributed by atoms with E-state index in [9.17, 15) is 9.59 Å². The SMILES string of the molecule is COc1ccc(C(=O)ON=C2C=CC(=O)C(C)=C2)cc1OC. The van der Waals surface area contributed by atoms with Gasteiger partial charge in [-0.05, 0) is 48.9 Å². The van der Waals surface area contributed by atoms with Crippen molar-refractivity contribution < 1.29 is 23.9 Å². The lowest BCUT2D eigenvalue weighted by atomic mass is 10.1. The number of nitrogens with zero attached hydrogens (tertiary/aromatic N) is 1. The summed E-state index contributed by atoms with van der Waals surface area (Å²) in [7, 11) is 2.98. The smallest absolute Gasteiger partial charge is 0.365 e. The van der Waals surface area contributed by atoms with Crippen molar-refractivity contribution in [2.24, 2.45) is 5.16 Å². The Kier molecular flexibility index (Phi) is 4.73. The Bertz CT molecular complexity index is 700. The lowest BCUT2D eigenvalue weighted by molar-refractivity contribution is -0.111. The molecule has 0 aliphatic heterocycles. The summed E-state index contributed by atoms with van der Waals surface area (Å²) < 4.78 is 10.2. The topological polar surface area (TPSA) is 74.2 Å². The third-order valence-corrected chi connectivity index (χ3v) is 3.01. The van der Waals surface area contributed by atoms with Crippen LogP contribution in [0.1, 0.15) is 17.3 Å². The van der Waals surface area contributed by atoms with Crippen LogP contribution in [0.15, 0.2) is 47.2 Å². The van der Waals surface area contributed by atoms with Crippen LogP contribution < -0.4 is 9.47 Å². The number of rotatable bonds is 4. The highest BCUT2D eigenvalue weighted by atomic mass is 16.7. The molecule has 0 atom stereocenters. The van der Waals surface area contributed by atoms with Gasteiger partial charge in [-0.3, -0.25) is 4.79 Å². The summed E-state index contributed by atoms with van der Waals surface area (Å²) in [5.41, 5.74) is 1.20. The molecule has 0 spiro atoms. The molecule has 0 heterocycles. The quantitative estimate of drug-likeness (QED) is 0.484. The Morgan fingerprint density at radius 1 is 1.09 bits per heavy atom. The van der Waals surface area contributed by atoms with Crippen LogP contribution in [0, 0.1) is 0 Å². The molecule has 114 valence electrons. The number of ether oxygens (including phenoxy) is 2. The zero-order valence-electron chi connectivity index (χ0n) is 12.5. The normalized spacial score (nSPS) is 15.5. The van der Waals surface area contributed by atoms with Crippen LogP contribution in [0.4, 0.5) is 0 Å². The van der Waals surface area contributed by atoms with Crippen molar-refractivity contribution in [1.82, 2.24) is 0 Å². The molecule has 0 radical (unpaired) electrons. The van der Waals surface area contributed by atoms with Gasteiger partial charge in [0.15, 0.2) is 17.3 Å². The van der Waals surface area contributed by atoms with Crippen molar-refractivity contribution in [3.8, 4) is 11.5 Å². The van der Waals surface area contributed by atoms with Crippen LogP contribution in [-0.4, -0.2) is 31.7 Å². The van der Waals surface area contributed by atoms with Crippen LogP contribution in [-0.2, 0) is 9.63 Å². The van der Waals surface area contributed by atoms with E-state index in [0.717, 1.165) is 0 Å². The molecule has 0 saturated heterocycles. The first-order valence-electron chi connectivity index (χ1n) is 6.47. The predicted molar refractivity (Wildman–Crippen MR) is 80.3 cm³/mol. The van der Waals surface area contributed by atoms with Gasteiger partial charge in [-0.25, -0.2) is 4.79 Å². The molecule has 0 N–H and O–H groups in total. The van der Waals surface area contributed by atoms with Crippen molar-refractivity contribution in [3.63, 3.8) is 0 Å². The van der Waals surface area contributed by atoms with Crippen LogP contribution >= 0.6 is 0 Å². The molecule has 2 rings (SSSR count). The first-order chi connectivity index (χ1) is 10.5. The summed E-state index contributed by atoms with van der Waals surface area (Å²) in [4.78, 5) is 28.1. The average molecular weight is 301 g/mol. The summed E-state index contributed by atoms with van der Waals surface area (Å²) in [6, 6.07) is 4.65. The van der Waals surface area contributed by atoms with Crippen LogP contribution in [0.3, 0.4) is 0 Å². The van der Waals surface area contributed by atoms with E-state index in [2.05, 4.69) is 5.16 Å². The van der Waals surface area contributed by atoms with Gasteiger partial charge in [-0.2, -0.15) is 0 Å². The van der Waals surface area contributed by atoms with E-state index in [1.165, 1.54) is 32.4 Å². The van der Waals surface area contributed by atoms with E-state index in [4.69, 9.17) is 14.3 Å². The number of methoxy groups -OCH3 is 2. The van der Waals surface area contributed by atoms with Gasteiger partial charge in [-0.1, -0.05) is 5.16 Å². The number of oxime groups is 1. The summed E-state index contributed by atoms with van der Waals surface area (Å²) in [6.07, 6.45) is 4.40. The monoisotopic (exact) mass is 301 g/mol. The average Bonchev–Trinajstić information content (AvgIpc) is 2.54. The first-order valence-corrected chi connectivity index (χ1v) is 6.47. The van der Waals surface area contributed by atoms with Crippen molar-refractivity contribution in [2.75, 3.05) is 14.2 Å². The van der Waals surface area contributed by atoms with Crippen LogP contribution in [0.5, 0.6) is 11.5 Å². The maximum Gasteiger partial charge on any atom is 0.365 e. The Balaban J connectivity index is 2.13. The van der Waals surface area contributed by atoms with Gasteiger partial charge in [0.25, 0.3) is 0 Å². The molecule has 0 saturated carbocycles. The Morgan fingerprint density at radius 3 is 2.45 bits per heavy atom. The fourth-order valence-corrected chi connectivity index (χ4v) is 1.80. The van der Waals surface area contributed by atoms with Gasteiger partial charge in [0.1, 0.15) is 5.71 Å². The van der Waals surface area contributed by atoms with Gasteiger partial charge in [0.05, 0.1) is 19.8 Å². The molecular formula is C16H15NO5. The number of carbonyl (C=O) groups excluding carboxylic acids is 2. The second-order valence-corrected chi connectivity index (χ2v) is 4.49. The molecule has 6 nitrogen and oxygen atoms in total. The summed E-state index contributed by atoms with van der Waals surface area (Å²) in [5.74, 6) is 0.205. The number of benzene rings is 1. The molecule has 0 bridgehead atoms. The Morgan fingerprint density at radius 2 is 1.82 bits per heavy atom. The number of carbonyl (C=O) groups is 2. The highest BCUT2D eigenvalue weighted by Crippen LogP contribution is 2.27. The van der Waals surface area contributed by atoms with Crippen LogP contribution in [0.2, 0.25) is 0 Å². The van der Waals surface area contributed by atoms with Crippen molar-refractivity contribution >= 4 is 17.5 Å². The zero-order chi connectivity index (χ0) is 16.1. The molecule has 0 amide bonds. The second-order valence-electron chi connectivity index (χ2n) is 4.49. The number of ketones is 1. The van der Waals surface area contributed by atoms with E-state index in [1.807, 2.05) is 0 Å². The Labute approximate surface area is 127 Å². The van der Waals surface area contributed by atoms with Gasteiger partial charge in [0.2, 0.25) is 0 Å². The summed E-state index contributed by atoms with van der Waals surface area (Å²) >= 11 is 0. The third kappa shape index (κ3) is 3.41. The van der Waals surface area contributed by atoms with Gasteiger partial charge < -0.3 is 14.3 Å². The number of hydrogen-bond donors (Lipinski definition) is 0. The highest BCUT2D eigenvalue weighted by molar-refractivity contribution is 6.18. The Hall–Kier alpha value is -2.89. The maximum absolute atomic E-state index is 12.0. The third-order valence-electron chi connectivity index (χ3n) is 3.01. The van der Waals surface area contributed by atoms with E-state index >= 15 is 0 Å². The van der Waals surface area contributed by atoms with Gasteiger partial charge >= 0.3 is 5.97 Å². The fourth-order valence-electron chi connectivity index (χ4n) is 1.80. The van der Waals surface area contributed by atoms with E-state index in [-0.39, 0.29) is 11.3 Å².